The number of rotatable bonds is 5. The maximum absolute atomic E-state index is 9.93. The van der Waals surface area contributed by atoms with Crippen LogP contribution in [-0.2, 0) is 4.74 Å². The number of benzene rings is 2. The number of ether oxygens (including phenoxy) is 2. The Balaban J connectivity index is 1.81. The second-order valence-electron chi connectivity index (χ2n) is 6.66. The average molecular weight is 466 g/mol. The van der Waals surface area contributed by atoms with Gasteiger partial charge in [0.25, 0.3) is 0 Å². The SMILES string of the molecule is COc1ccc(C=C(C#N)c2nnc(N3CCOCC3)n2-c2ccccc2)cc1Br. The minimum absolute atomic E-state index is 0.419. The molecule has 0 spiro atoms. The van der Waals surface area contributed by atoms with Gasteiger partial charge in [0.1, 0.15) is 11.8 Å². The Morgan fingerprint density at radius 2 is 1.93 bits per heavy atom. The number of aromatic nitrogens is 3. The lowest BCUT2D eigenvalue weighted by molar-refractivity contribution is 0.122. The van der Waals surface area contributed by atoms with Crippen LogP contribution in [0.1, 0.15) is 11.4 Å². The Kier molecular flexibility index (Phi) is 6.12. The molecule has 1 aromatic heterocycles. The molecule has 1 saturated heterocycles. The minimum atomic E-state index is 0.419. The van der Waals surface area contributed by atoms with Gasteiger partial charge in [-0.3, -0.25) is 4.57 Å². The van der Waals surface area contributed by atoms with Crippen LogP contribution >= 0.6 is 15.9 Å². The molecule has 3 aromatic rings. The van der Waals surface area contributed by atoms with Gasteiger partial charge in [-0.05, 0) is 51.8 Å². The van der Waals surface area contributed by atoms with Crippen molar-refractivity contribution in [1.82, 2.24) is 14.8 Å². The maximum atomic E-state index is 9.93. The van der Waals surface area contributed by atoms with Crippen LogP contribution < -0.4 is 9.64 Å². The minimum Gasteiger partial charge on any atom is -0.496 e. The summed E-state index contributed by atoms with van der Waals surface area (Å²) in [5, 5.41) is 18.8. The first kappa shape index (κ1) is 20.1. The van der Waals surface area contributed by atoms with Crippen LogP contribution in [0.15, 0.2) is 53.0 Å². The zero-order valence-electron chi connectivity index (χ0n) is 16.5. The van der Waals surface area contributed by atoms with Crippen molar-refractivity contribution in [2.75, 3.05) is 38.3 Å². The zero-order valence-corrected chi connectivity index (χ0v) is 18.0. The summed E-state index contributed by atoms with van der Waals surface area (Å²) in [5.74, 6) is 1.93. The monoisotopic (exact) mass is 465 g/mol. The fraction of sp³-hybridized carbons (Fsp3) is 0.227. The number of para-hydroxylation sites is 1. The summed E-state index contributed by atoms with van der Waals surface area (Å²) in [6.45, 7) is 2.72. The summed E-state index contributed by atoms with van der Waals surface area (Å²) in [4.78, 5) is 2.13. The van der Waals surface area contributed by atoms with E-state index in [-0.39, 0.29) is 0 Å². The fourth-order valence-electron chi connectivity index (χ4n) is 3.32. The Labute approximate surface area is 183 Å². The first-order valence-corrected chi connectivity index (χ1v) is 10.3. The molecule has 0 bridgehead atoms. The molecule has 2 heterocycles. The molecule has 0 N–H and O–H groups in total. The van der Waals surface area contributed by atoms with Crippen LogP contribution in [0.4, 0.5) is 5.95 Å². The van der Waals surface area contributed by atoms with Crippen molar-refractivity contribution in [2.45, 2.75) is 0 Å². The number of anilines is 1. The van der Waals surface area contributed by atoms with E-state index < -0.39 is 0 Å². The molecule has 4 rings (SSSR count). The molecule has 0 radical (unpaired) electrons. The van der Waals surface area contributed by atoms with E-state index in [0.29, 0.717) is 30.6 Å². The first-order chi connectivity index (χ1) is 14.7. The molecule has 2 aromatic carbocycles. The van der Waals surface area contributed by atoms with E-state index in [1.165, 1.54) is 0 Å². The smallest absolute Gasteiger partial charge is 0.232 e. The molecular weight excluding hydrogens is 446 g/mol. The summed E-state index contributed by atoms with van der Waals surface area (Å²) in [6.07, 6.45) is 1.80. The third-order valence-corrected chi connectivity index (χ3v) is 5.42. The number of hydrogen-bond acceptors (Lipinski definition) is 6. The molecule has 1 aliphatic heterocycles. The molecule has 7 nitrogen and oxygen atoms in total. The third kappa shape index (κ3) is 4.08. The molecule has 0 atom stereocenters. The van der Waals surface area contributed by atoms with Gasteiger partial charge in [-0.1, -0.05) is 24.3 Å². The average Bonchev–Trinajstić information content (AvgIpc) is 3.24. The van der Waals surface area contributed by atoms with Crippen LogP contribution in [0, 0.1) is 11.3 Å². The van der Waals surface area contributed by atoms with Crippen LogP contribution in [0.5, 0.6) is 5.75 Å². The quantitative estimate of drug-likeness (QED) is 0.531. The predicted molar refractivity (Wildman–Crippen MR) is 119 cm³/mol. The van der Waals surface area contributed by atoms with Crippen molar-refractivity contribution < 1.29 is 9.47 Å². The van der Waals surface area contributed by atoms with E-state index in [4.69, 9.17) is 9.47 Å². The molecule has 0 unspecified atom stereocenters. The Bertz CT molecular complexity index is 1100. The summed E-state index contributed by atoms with van der Waals surface area (Å²) in [5.41, 5.74) is 2.17. The zero-order chi connectivity index (χ0) is 20.9. The highest BCUT2D eigenvalue weighted by Crippen LogP contribution is 2.29. The molecular formula is C22H20BrN5O2. The van der Waals surface area contributed by atoms with Gasteiger partial charge in [0.15, 0.2) is 5.82 Å². The molecule has 0 amide bonds. The van der Waals surface area contributed by atoms with Gasteiger partial charge in [-0.2, -0.15) is 5.26 Å². The van der Waals surface area contributed by atoms with Gasteiger partial charge in [0.05, 0.1) is 36.1 Å². The Morgan fingerprint density at radius 3 is 2.60 bits per heavy atom. The van der Waals surface area contributed by atoms with E-state index in [9.17, 15) is 5.26 Å². The fourth-order valence-corrected chi connectivity index (χ4v) is 3.88. The van der Waals surface area contributed by atoms with Crippen molar-refractivity contribution in [3.63, 3.8) is 0 Å². The lowest BCUT2D eigenvalue weighted by Gasteiger charge is -2.28. The van der Waals surface area contributed by atoms with Crippen molar-refractivity contribution in [3.8, 4) is 17.5 Å². The number of nitriles is 1. The third-order valence-electron chi connectivity index (χ3n) is 4.80. The molecule has 1 fully saturated rings. The van der Waals surface area contributed by atoms with Gasteiger partial charge < -0.3 is 14.4 Å². The van der Waals surface area contributed by atoms with Gasteiger partial charge in [-0.25, -0.2) is 0 Å². The van der Waals surface area contributed by atoms with Crippen LogP contribution in [0.3, 0.4) is 0 Å². The largest absolute Gasteiger partial charge is 0.496 e. The summed E-state index contributed by atoms with van der Waals surface area (Å²) < 4.78 is 13.5. The van der Waals surface area contributed by atoms with E-state index in [0.717, 1.165) is 34.6 Å². The standard InChI is InChI=1S/C22H20BrN5O2/c1-29-20-8-7-16(14-19(20)23)13-17(15-24)21-25-26-22(27-9-11-30-12-10-27)28(21)18-5-3-2-4-6-18/h2-8,13-14H,9-12H2,1H3. The lowest BCUT2D eigenvalue weighted by atomic mass is 10.1. The van der Waals surface area contributed by atoms with Crippen LogP contribution in [-0.4, -0.2) is 48.2 Å². The number of halogens is 1. The number of allylic oxidation sites excluding steroid dienone is 1. The highest BCUT2D eigenvalue weighted by molar-refractivity contribution is 9.10. The predicted octanol–water partition coefficient (Wildman–Crippen LogP) is 3.94. The number of nitrogens with zero attached hydrogens (tertiary/aromatic N) is 5. The molecule has 152 valence electrons. The first-order valence-electron chi connectivity index (χ1n) is 9.50. The molecule has 0 saturated carbocycles. The van der Waals surface area contributed by atoms with Gasteiger partial charge in [-0.15, -0.1) is 10.2 Å². The summed E-state index contributed by atoms with van der Waals surface area (Å²) >= 11 is 3.49. The second-order valence-corrected chi connectivity index (χ2v) is 7.51. The van der Waals surface area contributed by atoms with Gasteiger partial charge in [0.2, 0.25) is 5.95 Å². The molecule has 30 heavy (non-hydrogen) atoms. The number of hydrogen-bond donors (Lipinski definition) is 0. The lowest BCUT2D eigenvalue weighted by Crippen LogP contribution is -2.38. The molecule has 1 aliphatic rings. The van der Waals surface area contributed by atoms with E-state index >= 15 is 0 Å². The topological polar surface area (TPSA) is 76.2 Å². The van der Waals surface area contributed by atoms with Crippen molar-refractivity contribution in [2.24, 2.45) is 0 Å². The highest BCUT2D eigenvalue weighted by Gasteiger charge is 2.23. The van der Waals surface area contributed by atoms with Gasteiger partial charge >= 0.3 is 0 Å². The Morgan fingerprint density at radius 1 is 1.17 bits per heavy atom. The van der Waals surface area contributed by atoms with E-state index in [1.807, 2.05) is 53.1 Å². The summed E-state index contributed by atoms with van der Waals surface area (Å²) in [7, 11) is 1.62. The normalized spacial score (nSPS) is 14.4. The van der Waals surface area contributed by atoms with E-state index in [1.54, 1.807) is 13.2 Å². The highest BCUT2D eigenvalue weighted by atomic mass is 79.9. The number of methoxy groups -OCH3 is 1. The van der Waals surface area contributed by atoms with E-state index in [2.05, 4.69) is 37.1 Å². The van der Waals surface area contributed by atoms with Crippen LogP contribution in [0.2, 0.25) is 0 Å². The van der Waals surface area contributed by atoms with Gasteiger partial charge in [0, 0.05) is 13.1 Å². The van der Waals surface area contributed by atoms with Crippen molar-refractivity contribution >= 4 is 33.5 Å². The molecule has 8 heteroatoms. The summed E-state index contributed by atoms with van der Waals surface area (Å²) in [6, 6.07) is 17.8. The number of morpholine rings is 1. The maximum Gasteiger partial charge on any atom is 0.232 e. The van der Waals surface area contributed by atoms with Crippen molar-refractivity contribution in [1.29, 1.82) is 5.26 Å². The van der Waals surface area contributed by atoms with Crippen molar-refractivity contribution in [3.05, 3.63) is 64.4 Å². The second kappa shape index (κ2) is 9.11. The van der Waals surface area contributed by atoms with Crippen LogP contribution in [0.25, 0.3) is 17.3 Å². The molecule has 0 aliphatic carbocycles. The Hall–Kier alpha value is -3.15.